The predicted molar refractivity (Wildman–Crippen MR) is 64.4 cm³/mol. The van der Waals surface area contributed by atoms with E-state index >= 15 is 0 Å². The first-order chi connectivity index (χ1) is 8.90. The lowest BCUT2D eigenvalue weighted by molar-refractivity contribution is -0.150. The van der Waals surface area contributed by atoms with Crippen LogP contribution in [0.15, 0.2) is 0 Å². The first kappa shape index (κ1) is 13.2. The summed E-state index contributed by atoms with van der Waals surface area (Å²) in [5.41, 5.74) is -0.748. The van der Waals surface area contributed by atoms with Crippen molar-refractivity contribution in [2.75, 3.05) is 18.4 Å². The summed E-state index contributed by atoms with van der Waals surface area (Å²) in [5.74, 6) is -0.678. The van der Waals surface area contributed by atoms with Crippen LogP contribution in [0.4, 0.5) is 10.7 Å². The number of amides is 2. The van der Waals surface area contributed by atoms with E-state index in [4.69, 9.17) is 5.11 Å². The Bertz CT molecular complexity index is 491. The number of rotatable bonds is 2. The zero-order chi connectivity index (χ0) is 14.0. The number of piperidine rings is 1. The first-order valence-corrected chi connectivity index (χ1v) is 5.94. The van der Waals surface area contributed by atoms with E-state index in [0.29, 0.717) is 25.9 Å². The third-order valence-corrected chi connectivity index (χ3v) is 3.40. The van der Waals surface area contributed by atoms with E-state index < -0.39 is 11.4 Å². The summed E-state index contributed by atoms with van der Waals surface area (Å²) in [6, 6.07) is -0.333. The largest absolute Gasteiger partial charge is 0.481 e. The summed E-state index contributed by atoms with van der Waals surface area (Å²) < 4.78 is 0. The van der Waals surface area contributed by atoms with Crippen molar-refractivity contribution in [3.63, 3.8) is 0 Å². The van der Waals surface area contributed by atoms with Crippen molar-refractivity contribution in [3.05, 3.63) is 0 Å². The molecule has 1 fully saturated rings. The van der Waals surface area contributed by atoms with Crippen molar-refractivity contribution < 1.29 is 14.7 Å². The van der Waals surface area contributed by atoms with Gasteiger partial charge in [-0.25, -0.2) is 4.79 Å². The van der Waals surface area contributed by atoms with Crippen LogP contribution in [0, 0.1) is 5.41 Å². The standard InChI is InChI=1S/C10H16N6O3/c1-10(7(17)18)3-5-16(6-4-10)9(19)11-8-12-14-15(2)13-8/h3-6H2,1-2H3,(H,17,18)(H,11,13,19). The summed E-state index contributed by atoms with van der Waals surface area (Å²) in [6.45, 7) is 2.50. The number of nitrogens with one attached hydrogen (secondary N) is 1. The van der Waals surface area contributed by atoms with E-state index in [-0.39, 0.29) is 12.0 Å². The molecule has 1 aromatic rings. The number of hydrogen-bond acceptors (Lipinski definition) is 5. The first-order valence-electron chi connectivity index (χ1n) is 5.94. The molecule has 1 aliphatic rings. The molecule has 0 unspecified atom stereocenters. The van der Waals surface area contributed by atoms with Crippen LogP contribution in [0.2, 0.25) is 0 Å². The van der Waals surface area contributed by atoms with E-state index in [1.54, 1.807) is 18.9 Å². The number of aliphatic carboxylic acids is 1. The number of likely N-dealkylation sites (tertiary alicyclic amines) is 1. The maximum Gasteiger partial charge on any atom is 0.324 e. The lowest BCUT2D eigenvalue weighted by Crippen LogP contribution is -2.46. The maximum absolute atomic E-state index is 11.9. The third kappa shape index (κ3) is 2.80. The number of aromatic nitrogens is 4. The molecule has 0 aromatic carbocycles. The fraction of sp³-hybridized carbons (Fsp3) is 0.700. The van der Waals surface area contributed by atoms with Gasteiger partial charge < -0.3 is 10.0 Å². The van der Waals surface area contributed by atoms with Gasteiger partial charge in [0.05, 0.1) is 12.5 Å². The van der Waals surface area contributed by atoms with Crippen LogP contribution >= 0.6 is 0 Å². The number of carboxylic acids is 1. The molecule has 0 saturated carbocycles. The van der Waals surface area contributed by atoms with Crippen molar-refractivity contribution >= 4 is 17.9 Å². The molecule has 0 bridgehead atoms. The number of anilines is 1. The Kier molecular flexibility index (Phi) is 3.36. The highest BCUT2D eigenvalue weighted by atomic mass is 16.4. The van der Waals surface area contributed by atoms with Crippen LogP contribution in [-0.2, 0) is 11.8 Å². The van der Waals surface area contributed by atoms with E-state index in [0.717, 1.165) is 0 Å². The van der Waals surface area contributed by atoms with E-state index in [1.807, 2.05) is 0 Å². The van der Waals surface area contributed by atoms with Gasteiger partial charge in [-0.1, -0.05) is 5.10 Å². The highest BCUT2D eigenvalue weighted by Gasteiger charge is 2.38. The van der Waals surface area contributed by atoms with Crippen LogP contribution < -0.4 is 5.32 Å². The molecule has 1 aliphatic heterocycles. The van der Waals surface area contributed by atoms with E-state index in [2.05, 4.69) is 20.7 Å². The van der Waals surface area contributed by atoms with Gasteiger partial charge in [-0.15, -0.1) is 5.10 Å². The summed E-state index contributed by atoms with van der Waals surface area (Å²) in [4.78, 5) is 25.8. The molecule has 104 valence electrons. The van der Waals surface area contributed by atoms with Crippen molar-refractivity contribution in [1.82, 2.24) is 25.1 Å². The Balaban J connectivity index is 1.91. The zero-order valence-corrected chi connectivity index (χ0v) is 10.8. The minimum atomic E-state index is -0.817. The molecule has 0 spiro atoms. The second-order valence-electron chi connectivity index (χ2n) is 4.89. The number of aryl methyl sites for hydroxylation is 1. The maximum atomic E-state index is 11.9. The number of nitrogens with zero attached hydrogens (tertiary/aromatic N) is 5. The lowest BCUT2D eigenvalue weighted by Gasteiger charge is -2.36. The molecular formula is C10H16N6O3. The topological polar surface area (TPSA) is 113 Å². The molecule has 2 heterocycles. The van der Waals surface area contributed by atoms with Gasteiger partial charge in [0.2, 0.25) is 0 Å². The SMILES string of the molecule is Cn1nnc(NC(=O)N2CCC(C)(C(=O)O)CC2)n1. The molecule has 2 N–H and O–H groups in total. The Hall–Kier alpha value is -2.19. The fourth-order valence-corrected chi connectivity index (χ4v) is 1.93. The van der Waals surface area contributed by atoms with Gasteiger partial charge in [-0.05, 0) is 25.0 Å². The van der Waals surface area contributed by atoms with Crippen molar-refractivity contribution in [3.8, 4) is 0 Å². The average molecular weight is 268 g/mol. The number of carbonyl (C=O) groups excluding carboxylic acids is 1. The van der Waals surface area contributed by atoms with Crippen molar-refractivity contribution in [2.24, 2.45) is 12.5 Å². The summed E-state index contributed by atoms with van der Waals surface area (Å²) in [5, 5.41) is 22.7. The number of urea groups is 1. The Morgan fingerprint density at radius 1 is 1.37 bits per heavy atom. The average Bonchev–Trinajstić information content (AvgIpc) is 2.75. The van der Waals surface area contributed by atoms with Gasteiger partial charge in [0.25, 0.3) is 5.95 Å². The molecular weight excluding hydrogens is 252 g/mol. The van der Waals surface area contributed by atoms with Crippen LogP contribution in [0.3, 0.4) is 0 Å². The second-order valence-corrected chi connectivity index (χ2v) is 4.89. The number of tetrazole rings is 1. The van der Waals surface area contributed by atoms with Crippen molar-refractivity contribution in [2.45, 2.75) is 19.8 Å². The number of carbonyl (C=O) groups is 2. The molecule has 0 aliphatic carbocycles. The van der Waals surface area contributed by atoms with Crippen LogP contribution in [0.5, 0.6) is 0 Å². The molecule has 2 rings (SSSR count). The third-order valence-electron chi connectivity index (χ3n) is 3.40. The molecule has 0 radical (unpaired) electrons. The molecule has 0 atom stereocenters. The number of carboxylic acid groups (broad SMARTS) is 1. The van der Waals surface area contributed by atoms with Gasteiger partial charge in [-0.2, -0.15) is 4.80 Å². The molecule has 9 heteroatoms. The molecule has 1 saturated heterocycles. The minimum Gasteiger partial charge on any atom is -0.481 e. The van der Waals surface area contributed by atoms with E-state index in [1.165, 1.54) is 4.80 Å². The molecule has 9 nitrogen and oxygen atoms in total. The monoisotopic (exact) mass is 268 g/mol. The summed E-state index contributed by atoms with van der Waals surface area (Å²) in [6.07, 6.45) is 0.868. The summed E-state index contributed by atoms with van der Waals surface area (Å²) >= 11 is 0. The van der Waals surface area contributed by atoms with Crippen LogP contribution in [0.1, 0.15) is 19.8 Å². The summed E-state index contributed by atoms with van der Waals surface area (Å²) in [7, 11) is 1.60. The zero-order valence-electron chi connectivity index (χ0n) is 10.8. The smallest absolute Gasteiger partial charge is 0.324 e. The van der Waals surface area contributed by atoms with Gasteiger partial charge in [0.1, 0.15) is 0 Å². The van der Waals surface area contributed by atoms with Gasteiger partial charge >= 0.3 is 12.0 Å². The fourth-order valence-electron chi connectivity index (χ4n) is 1.93. The van der Waals surface area contributed by atoms with Gasteiger partial charge in [0.15, 0.2) is 0 Å². The normalized spacial score (nSPS) is 18.1. The minimum absolute atomic E-state index is 0.138. The highest BCUT2D eigenvalue weighted by Crippen LogP contribution is 2.31. The van der Waals surface area contributed by atoms with Crippen LogP contribution in [-0.4, -0.2) is 55.3 Å². The van der Waals surface area contributed by atoms with Gasteiger partial charge in [-0.3, -0.25) is 10.1 Å². The van der Waals surface area contributed by atoms with Crippen LogP contribution in [0.25, 0.3) is 0 Å². The quantitative estimate of drug-likeness (QED) is 0.776. The molecule has 1 aromatic heterocycles. The second kappa shape index (κ2) is 4.82. The van der Waals surface area contributed by atoms with Gasteiger partial charge in [0, 0.05) is 13.1 Å². The Labute approximate surface area is 109 Å². The number of hydrogen-bond donors (Lipinski definition) is 2. The Morgan fingerprint density at radius 3 is 2.47 bits per heavy atom. The Morgan fingerprint density at radius 2 is 2.00 bits per heavy atom. The molecule has 2 amide bonds. The lowest BCUT2D eigenvalue weighted by atomic mass is 9.80. The highest BCUT2D eigenvalue weighted by molar-refractivity contribution is 5.87. The molecule has 19 heavy (non-hydrogen) atoms. The van der Waals surface area contributed by atoms with E-state index in [9.17, 15) is 9.59 Å². The predicted octanol–water partition coefficient (Wildman–Crippen LogP) is -0.0713. The van der Waals surface area contributed by atoms with Crippen molar-refractivity contribution in [1.29, 1.82) is 0 Å².